The molecule has 1 aliphatic heterocycles. The normalized spacial score (nSPS) is 14.0. The number of para-hydroxylation sites is 1. The van der Waals surface area contributed by atoms with Crippen molar-refractivity contribution in [3.63, 3.8) is 0 Å². The number of carbonyl (C=O) groups is 3. The van der Waals surface area contributed by atoms with Gasteiger partial charge in [-0.1, -0.05) is 36.4 Å². The molecule has 0 N–H and O–H groups in total. The Balaban J connectivity index is 1.52. The fourth-order valence-electron chi connectivity index (χ4n) is 3.07. The third-order valence-electron chi connectivity index (χ3n) is 4.49. The van der Waals surface area contributed by atoms with Gasteiger partial charge in [0.2, 0.25) is 0 Å². The first-order valence-corrected chi connectivity index (χ1v) is 8.80. The summed E-state index contributed by atoms with van der Waals surface area (Å²) in [7, 11) is 0. The molecule has 2 aromatic rings. The zero-order chi connectivity index (χ0) is 19.2. The third-order valence-corrected chi connectivity index (χ3v) is 4.49. The molecular weight excluding hydrogens is 346 g/mol. The van der Waals surface area contributed by atoms with Crippen LogP contribution in [-0.4, -0.2) is 42.3 Å². The van der Waals surface area contributed by atoms with E-state index in [0.717, 1.165) is 12.0 Å². The van der Waals surface area contributed by atoms with Gasteiger partial charge < -0.3 is 14.4 Å². The van der Waals surface area contributed by atoms with Gasteiger partial charge in [0, 0.05) is 13.1 Å². The van der Waals surface area contributed by atoms with E-state index >= 15 is 0 Å². The maximum Gasteiger partial charge on any atom is 0.344 e. The number of hydrogen-bond donors (Lipinski definition) is 0. The molecule has 0 fully saturated rings. The van der Waals surface area contributed by atoms with Crippen LogP contribution in [0.2, 0.25) is 0 Å². The van der Waals surface area contributed by atoms with Crippen LogP contribution in [-0.2, 0) is 27.3 Å². The summed E-state index contributed by atoms with van der Waals surface area (Å²) in [5.74, 6) is -0.587. The van der Waals surface area contributed by atoms with Crippen molar-refractivity contribution in [2.75, 3.05) is 13.2 Å². The number of ether oxygens (including phenoxy) is 2. The Labute approximate surface area is 157 Å². The number of fused-ring (bicyclic) bond motifs is 1. The second-order valence-corrected chi connectivity index (χ2v) is 6.35. The lowest BCUT2D eigenvalue weighted by molar-refractivity contribution is -0.161. The molecule has 0 saturated carbocycles. The summed E-state index contributed by atoms with van der Waals surface area (Å²) in [6.07, 6.45) is 0.544. The molecule has 1 amide bonds. The van der Waals surface area contributed by atoms with Gasteiger partial charge in [-0.2, -0.15) is 0 Å². The van der Waals surface area contributed by atoms with Crippen LogP contribution in [0, 0.1) is 0 Å². The summed E-state index contributed by atoms with van der Waals surface area (Å²) >= 11 is 0. The smallest absolute Gasteiger partial charge is 0.344 e. The first-order valence-electron chi connectivity index (χ1n) is 8.80. The van der Waals surface area contributed by atoms with Crippen LogP contribution in [0.5, 0.6) is 5.75 Å². The zero-order valence-electron chi connectivity index (χ0n) is 15.1. The Kier molecular flexibility index (Phi) is 5.86. The Morgan fingerprint density at radius 2 is 1.81 bits per heavy atom. The summed E-state index contributed by atoms with van der Waals surface area (Å²) in [6, 6.07) is 14.6. The molecule has 0 saturated heterocycles. The molecule has 1 heterocycles. The molecule has 0 unspecified atom stereocenters. The predicted molar refractivity (Wildman–Crippen MR) is 98.4 cm³/mol. The first kappa shape index (κ1) is 18.6. The third kappa shape index (κ3) is 4.53. The zero-order valence-corrected chi connectivity index (χ0v) is 15.1. The van der Waals surface area contributed by atoms with E-state index in [1.54, 1.807) is 36.1 Å². The molecule has 0 aliphatic carbocycles. The van der Waals surface area contributed by atoms with Gasteiger partial charge in [-0.15, -0.1) is 0 Å². The van der Waals surface area contributed by atoms with Crippen molar-refractivity contribution in [1.82, 2.24) is 4.90 Å². The fourth-order valence-corrected chi connectivity index (χ4v) is 3.07. The highest BCUT2D eigenvalue weighted by atomic mass is 16.6. The number of amides is 1. The van der Waals surface area contributed by atoms with E-state index in [1.807, 2.05) is 18.2 Å². The SMILES string of the molecule is C[C@@H](OC(=O)COc1ccccc1C=O)C(=O)N1CCc2ccccc2C1. The number of hydrogen-bond acceptors (Lipinski definition) is 5. The van der Waals surface area contributed by atoms with Crippen LogP contribution in [0.1, 0.15) is 28.4 Å². The number of aldehydes is 1. The lowest BCUT2D eigenvalue weighted by Crippen LogP contribution is -2.43. The largest absolute Gasteiger partial charge is 0.481 e. The molecule has 0 spiro atoms. The molecule has 6 heteroatoms. The van der Waals surface area contributed by atoms with Crippen LogP contribution in [0.3, 0.4) is 0 Å². The summed E-state index contributed by atoms with van der Waals surface area (Å²) in [5.41, 5.74) is 2.71. The number of esters is 1. The summed E-state index contributed by atoms with van der Waals surface area (Å²) in [4.78, 5) is 37.2. The van der Waals surface area contributed by atoms with Crippen LogP contribution >= 0.6 is 0 Å². The Hall–Kier alpha value is -3.15. The lowest BCUT2D eigenvalue weighted by Gasteiger charge is -2.30. The van der Waals surface area contributed by atoms with E-state index in [4.69, 9.17) is 9.47 Å². The molecule has 1 atom stereocenters. The van der Waals surface area contributed by atoms with Crippen LogP contribution in [0.15, 0.2) is 48.5 Å². The van der Waals surface area contributed by atoms with Crippen molar-refractivity contribution in [3.8, 4) is 5.75 Å². The number of benzene rings is 2. The van der Waals surface area contributed by atoms with Gasteiger partial charge in [-0.25, -0.2) is 4.79 Å². The van der Waals surface area contributed by atoms with Gasteiger partial charge in [-0.05, 0) is 36.6 Å². The van der Waals surface area contributed by atoms with E-state index in [1.165, 1.54) is 5.56 Å². The van der Waals surface area contributed by atoms with Crippen molar-refractivity contribution in [1.29, 1.82) is 0 Å². The lowest BCUT2D eigenvalue weighted by atomic mass is 9.99. The maximum absolute atomic E-state index is 12.6. The maximum atomic E-state index is 12.6. The van der Waals surface area contributed by atoms with E-state index < -0.39 is 12.1 Å². The molecule has 2 aromatic carbocycles. The molecule has 0 aromatic heterocycles. The molecule has 27 heavy (non-hydrogen) atoms. The molecule has 3 rings (SSSR count). The van der Waals surface area contributed by atoms with Gasteiger partial charge in [-0.3, -0.25) is 9.59 Å². The summed E-state index contributed by atoms with van der Waals surface area (Å²) in [6.45, 7) is 2.30. The molecule has 140 valence electrons. The van der Waals surface area contributed by atoms with Gasteiger partial charge >= 0.3 is 5.97 Å². The predicted octanol–water partition coefficient (Wildman–Crippen LogP) is 2.39. The Morgan fingerprint density at radius 3 is 2.59 bits per heavy atom. The highest BCUT2D eigenvalue weighted by Gasteiger charge is 2.27. The van der Waals surface area contributed by atoms with E-state index in [0.29, 0.717) is 30.7 Å². The molecule has 0 bridgehead atoms. The standard InChI is InChI=1S/C21H21NO5/c1-15(21(25)22-11-10-16-6-2-3-7-17(16)12-22)27-20(24)14-26-19-9-5-4-8-18(19)13-23/h2-9,13,15H,10-12,14H2,1H3/t15-/m1/s1. The van der Waals surface area contributed by atoms with Gasteiger partial charge in [0.15, 0.2) is 19.0 Å². The molecule has 1 aliphatic rings. The minimum absolute atomic E-state index is 0.230. The van der Waals surface area contributed by atoms with Crippen molar-refractivity contribution in [2.24, 2.45) is 0 Å². The Morgan fingerprint density at radius 1 is 1.11 bits per heavy atom. The fraction of sp³-hybridized carbons (Fsp3) is 0.286. The second-order valence-electron chi connectivity index (χ2n) is 6.35. The highest BCUT2D eigenvalue weighted by Crippen LogP contribution is 2.20. The first-order chi connectivity index (χ1) is 13.1. The van der Waals surface area contributed by atoms with Crippen LogP contribution in [0.25, 0.3) is 0 Å². The van der Waals surface area contributed by atoms with Crippen LogP contribution < -0.4 is 4.74 Å². The minimum atomic E-state index is -0.896. The Bertz CT molecular complexity index is 848. The van der Waals surface area contributed by atoms with E-state index in [-0.39, 0.29) is 12.5 Å². The minimum Gasteiger partial charge on any atom is -0.481 e. The number of carbonyl (C=O) groups excluding carboxylic acids is 3. The van der Waals surface area contributed by atoms with Crippen LogP contribution in [0.4, 0.5) is 0 Å². The monoisotopic (exact) mass is 367 g/mol. The van der Waals surface area contributed by atoms with Crippen molar-refractivity contribution >= 4 is 18.2 Å². The summed E-state index contributed by atoms with van der Waals surface area (Å²) in [5, 5.41) is 0. The van der Waals surface area contributed by atoms with Crippen molar-refractivity contribution < 1.29 is 23.9 Å². The van der Waals surface area contributed by atoms with Gasteiger partial charge in [0.05, 0.1) is 5.56 Å². The molecule has 0 radical (unpaired) electrons. The average Bonchev–Trinajstić information content (AvgIpc) is 2.71. The quantitative estimate of drug-likeness (QED) is 0.579. The number of rotatable bonds is 6. The second kappa shape index (κ2) is 8.49. The van der Waals surface area contributed by atoms with Crippen molar-refractivity contribution in [3.05, 3.63) is 65.2 Å². The van der Waals surface area contributed by atoms with Gasteiger partial charge in [0.25, 0.3) is 5.91 Å². The summed E-state index contributed by atoms with van der Waals surface area (Å²) < 4.78 is 10.5. The van der Waals surface area contributed by atoms with E-state index in [9.17, 15) is 14.4 Å². The topological polar surface area (TPSA) is 72.9 Å². The van der Waals surface area contributed by atoms with Crippen molar-refractivity contribution in [2.45, 2.75) is 26.0 Å². The molecular formula is C21H21NO5. The average molecular weight is 367 g/mol. The number of nitrogens with zero attached hydrogens (tertiary/aromatic N) is 1. The van der Waals surface area contributed by atoms with E-state index in [2.05, 4.69) is 6.07 Å². The highest BCUT2D eigenvalue weighted by molar-refractivity contribution is 5.84. The molecule has 6 nitrogen and oxygen atoms in total. The van der Waals surface area contributed by atoms with Gasteiger partial charge in [0.1, 0.15) is 5.75 Å².